The molecule has 0 aliphatic carbocycles. The number of anilines is 1. The summed E-state index contributed by atoms with van der Waals surface area (Å²) in [5.41, 5.74) is 2.56. The van der Waals surface area contributed by atoms with Gasteiger partial charge in [0.1, 0.15) is 0 Å². The Morgan fingerprint density at radius 3 is 2.65 bits per heavy atom. The van der Waals surface area contributed by atoms with Gasteiger partial charge in [-0.3, -0.25) is 9.89 Å². The van der Waals surface area contributed by atoms with Crippen LogP contribution in [0.15, 0.2) is 53.7 Å². The molecule has 1 aromatic heterocycles. The summed E-state index contributed by atoms with van der Waals surface area (Å²) in [5, 5.41) is 21.2. The van der Waals surface area contributed by atoms with Crippen molar-refractivity contribution in [2.24, 2.45) is 0 Å². The van der Waals surface area contributed by atoms with E-state index in [9.17, 15) is 14.7 Å². The minimum absolute atomic E-state index is 0.126. The van der Waals surface area contributed by atoms with E-state index < -0.39 is 5.97 Å². The van der Waals surface area contributed by atoms with Gasteiger partial charge in [0, 0.05) is 23.9 Å². The molecular formula is C18H15N4O3S-. The second-order valence-corrected chi connectivity index (χ2v) is 6.44. The van der Waals surface area contributed by atoms with Crippen LogP contribution >= 0.6 is 11.8 Å². The van der Waals surface area contributed by atoms with Gasteiger partial charge < -0.3 is 15.2 Å². The van der Waals surface area contributed by atoms with Crippen molar-refractivity contribution in [3.8, 4) is 11.4 Å². The molecule has 0 aliphatic heterocycles. The van der Waals surface area contributed by atoms with Gasteiger partial charge in [0.25, 0.3) is 0 Å². The van der Waals surface area contributed by atoms with Gasteiger partial charge in [0.2, 0.25) is 11.1 Å². The number of aromatic carboxylic acids is 1. The number of nitrogens with one attached hydrogen (secondary N) is 2. The fraction of sp³-hybridized carbons (Fsp3) is 0.111. The number of hydrogen-bond acceptors (Lipinski definition) is 6. The summed E-state index contributed by atoms with van der Waals surface area (Å²) >= 11 is 1.40. The lowest BCUT2D eigenvalue weighted by Gasteiger charge is -2.04. The highest BCUT2D eigenvalue weighted by Gasteiger charge is 2.07. The van der Waals surface area contributed by atoms with Crippen molar-refractivity contribution in [1.29, 1.82) is 0 Å². The van der Waals surface area contributed by atoms with Gasteiger partial charge in [0.15, 0.2) is 5.82 Å². The molecule has 0 spiro atoms. The van der Waals surface area contributed by atoms with E-state index in [4.69, 9.17) is 0 Å². The maximum absolute atomic E-state index is 11.0. The smallest absolute Gasteiger partial charge is 0.221 e. The van der Waals surface area contributed by atoms with Crippen LogP contribution in [0.3, 0.4) is 0 Å². The standard InChI is InChI=1S/C18H16N4O3S/c1-11(23)19-15-7-5-13(6-8-15)16-20-18(22-21-16)26-10-12-3-2-4-14(9-12)17(24)25/h2-9H,10H2,1H3,(H,19,23)(H,24,25)(H,20,21,22)/p-1. The molecule has 0 aliphatic rings. The number of rotatable bonds is 6. The van der Waals surface area contributed by atoms with Crippen molar-refractivity contribution in [2.75, 3.05) is 5.32 Å². The molecule has 3 aromatic rings. The first kappa shape index (κ1) is 17.7. The van der Waals surface area contributed by atoms with Crippen molar-refractivity contribution in [3.05, 3.63) is 59.7 Å². The van der Waals surface area contributed by atoms with E-state index in [1.807, 2.05) is 18.2 Å². The van der Waals surface area contributed by atoms with Crippen molar-refractivity contribution in [2.45, 2.75) is 17.8 Å². The highest BCUT2D eigenvalue weighted by Crippen LogP contribution is 2.23. The normalized spacial score (nSPS) is 10.5. The number of nitrogens with zero attached hydrogens (tertiary/aromatic N) is 2. The first-order valence-electron chi connectivity index (χ1n) is 7.75. The van der Waals surface area contributed by atoms with Crippen LogP contribution in [-0.4, -0.2) is 27.1 Å². The zero-order valence-corrected chi connectivity index (χ0v) is 14.7. The zero-order chi connectivity index (χ0) is 18.5. The minimum Gasteiger partial charge on any atom is -0.545 e. The maximum atomic E-state index is 11.0. The molecule has 8 heteroatoms. The van der Waals surface area contributed by atoms with Crippen LogP contribution in [-0.2, 0) is 10.5 Å². The predicted molar refractivity (Wildman–Crippen MR) is 96.5 cm³/mol. The third-order valence-electron chi connectivity index (χ3n) is 3.47. The molecule has 2 aromatic carbocycles. The first-order chi connectivity index (χ1) is 12.5. The molecule has 0 radical (unpaired) electrons. The van der Waals surface area contributed by atoms with Crippen molar-refractivity contribution < 1.29 is 14.7 Å². The summed E-state index contributed by atoms with van der Waals surface area (Å²) in [5.74, 6) is -0.163. The zero-order valence-electron chi connectivity index (χ0n) is 13.9. The number of amides is 1. The maximum Gasteiger partial charge on any atom is 0.221 e. The molecule has 7 nitrogen and oxygen atoms in total. The Labute approximate surface area is 153 Å². The lowest BCUT2D eigenvalue weighted by Crippen LogP contribution is -2.22. The van der Waals surface area contributed by atoms with Gasteiger partial charge in [-0.05, 0) is 41.5 Å². The summed E-state index contributed by atoms with van der Waals surface area (Å²) < 4.78 is 0. The number of carboxylic acids is 1. The van der Waals surface area contributed by atoms with Gasteiger partial charge >= 0.3 is 0 Å². The number of thioether (sulfide) groups is 1. The molecule has 1 amide bonds. The fourth-order valence-electron chi connectivity index (χ4n) is 2.29. The highest BCUT2D eigenvalue weighted by molar-refractivity contribution is 7.98. The molecule has 0 fully saturated rings. The quantitative estimate of drug-likeness (QED) is 0.646. The van der Waals surface area contributed by atoms with E-state index in [2.05, 4.69) is 20.5 Å². The van der Waals surface area contributed by atoms with Gasteiger partial charge in [-0.15, -0.1) is 5.10 Å². The van der Waals surface area contributed by atoms with Gasteiger partial charge in [-0.2, -0.15) is 0 Å². The predicted octanol–water partition coefficient (Wildman–Crippen LogP) is 2.09. The Balaban J connectivity index is 1.65. The SMILES string of the molecule is CC(=O)Nc1ccc(-c2nc(SCc3cccc(C(=O)[O-])c3)n[nH]2)cc1. The topological polar surface area (TPSA) is 111 Å². The Morgan fingerprint density at radius 1 is 1.19 bits per heavy atom. The van der Waals surface area contributed by atoms with E-state index in [1.54, 1.807) is 24.3 Å². The van der Waals surface area contributed by atoms with Crippen LogP contribution in [0.2, 0.25) is 0 Å². The van der Waals surface area contributed by atoms with Gasteiger partial charge in [-0.1, -0.05) is 30.0 Å². The number of hydrogen-bond donors (Lipinski definition) is 2. The van der Waals surface area contributed by atoms with Gasteiger partial charge in [0.05, 0.1) is 5.97 Å². The molecule has 2 N–H and O–H groups in total. The molecule has 1 heterocycles. The summed E-state index contributed by atoms with van der Waals surface area (Å²) in [6.07, 6.45) is 0. The number of carbonyl (C=O) groups excluding carboxylic acids is 2. The molecular weight excluding hydrogens is 352 g/mol. The Hall–Kier alpha value is -3.13. The minimum atomic E-state index is -1.19. The lowest BCUT2D eigenvalue weighted by molar-refractivity contribution is -0.255. The van der Waals surface area contributed by atoms with E-state index in [0.717, 1.165) is 11.1 Å². The second kappa shape index (κ2) is 7.83. The molecule has 26 heavy (non-hydrogen) atoms. The van der Waals surface area contributed by atoms with E-state index in [-0.39, 0.29) is 11.5 Å². The first-order valence-corrected chi connectivity index (χ1v) is 8.73. The van der Waals surface area contributed by atoms with E-state index >= 15 is 0 Å². The lowest BCUT2D eigenvalue weighted by atomic mass is 10.1. The van der Waals surface area contributed by atoms with Crippen LogP contribution < -0.4 is 10.4 Å². The number of benzene rings is 2. The van der Waals surface area contributed by atoms with Gasteiger partial charge in [-0.25, -0.2) is 4.98 Å². The second-order valence-electron chi connectivity index (χ2n) is 5.50. The van der Waals surface area contributed by atoms with Crippen LogP contribution in [0.4, 0.5) is 5.69 Å². The number of carbonyl (C=O) groups is 2. The summed E-state index contributed by atoms with van der Waals surface area (Å²) in [7, 11) is 0. The third kappa shape index (κ3) is 4.48. The van der Waals surface area contributed by atoms with Crippen molar-refractivity contribution in [3.63, 3.8) is 0 Å². The number of H-pyrrole nitrogens is 1. The molecule has 0 atom stereocenters. The Morgan fingerprint density at radius 2 is 1.96 bits per heavy atom. The number of aromatic amines is 1. The van der Waals surface area contributed by atoms with Crippen LogP contribution in [0, 0.1) is 0 Å². The monoisotopic (exact) mass is 367 g/mol. The van der Waals surface area contributed by atoms with Crippen LogP contribution in [0.1, 0.15) is 22.8 Å². The summed E-state index contributed by atoms with van der Waals surface area (Å²) in [6, 6.07) is 13.9. The number of aromatic nitrogens is 3. The molecule has 0 unspecified atom stereocenters. The Bertz CT molecular complexity index is 938. The fourth-order valence-corrected chi connectivity index (χ4v) is 3.03. The number of carboxylic acid groups (broad SMARTS) is 1. The molecule has 3 rings (SSSR count). The summed E-state index contributed by atoms with van der Waals surface area (Å²) in [6.45, 7) is 1.45. The van der Waals surface area contributed by atoms with Crippen LogP contribution in [0.25, 0.3) is 11.4 Å². The Kier molecular flexibility index (Phi) is 5.33. The highest BCUT2D eigenvalue weighted by atomic mass is 32.2. The average Bonchev–Trinajstić information content (AvgIpc) is 3.09. The molecule has 0 bridgehead atoms. The summed E-state index contributed by atoms with van der Waals surface area (Å²) in [4.78, 5) is 26.4. The molecule has 132 valence electrons. The van der Waals surface area contributed by atoms with E-state index in [0.29, 0.717) is 22.4 Å². The van der Waals surface area contributed by atoms with E-state index in [1.165, 1.54) is 24.8 Å². The third-order valence-corrected chi connectivity index (χ3v) is 4.39. The van der Waals surface area contributed by atoms with Crippen molar-refractivity contribution >= 4 is 29.3 Å². The van der Waals surface area contributed by atoms with Crippen LogP contribution in [0.5, 0.6) is 0 Å². The molecule has 0 saturated carbocycles. The van der Waals surface area contributed by atoms with Crippen molar-refractivity contribution in [1.82, 2.24) is 15.2 Å². The molecule has 0 saturated heterocycles. The largest absolute Gasteiger partial charge is 0.545 e. The average molecular weight is 367 g/mol.